The molecule has 2 saturated heterocycles. The van der Waals surface area contributed by atoms with Gasteiger partial charge in [-0.05, 0) is 105 Å². The molecule has 35 heavy (non-hydrogen) atoms. The Morgan fingerprint density at radius 2 is 1.89 bits per heavy atom. The molecule has 2 aromatic carbocycles. The van der Waals surface area contributed by atoms with E-state index in [2.05, 4.69) is 62.1 Å². The highest BCUT2D eigenvalue weighted by Gasteiger charge is 2.63. The lowest BCUT2D eigenvalue weighted by Crippen LogP contribution is -2.71. The Kier molecular flexibility index (Phi) is 5.74. The number of benzene rings is 2. The number of ether oxygens (including phenoxy) is 1. The van der Waals surface area contributed by atoms with Gasteiger partial charge < -0.3 is 15.6 Å². The predicted molar refractivity (Wildman–Crippen MR) is 140 cm³/mol. The Labute approximate surface area is 210 Å². The summed E-state index contributed by atoms with van der Waals surface area (Å²) in [6.07, 6.45) is 8.67. The Hall–Kier alpha value is -2.28. The summed E-state index contributed by atoms with van der Waals surface area (Å²) in [5.41, 5.74) is 10.5. The fraction of sp³-hybridized carbons (Fsp3) is 0.562. The average molecular weight is 470 g/mol. The molecule has 1 spiro atoms. The molecule has 0 aromatic heterocycles. The Bertz CT molecular complexity index is 1150. The zero-order chi connectivity index (χ0) is 24.2. The van der Waals surface area contributed by atoms with E-state index in [1.54, 1.807) is 0 Å². The van der Waals surface area contributed by atoms with Gasteiger partial charge in [-0.15, -0.1) is 0 Å². The van der Waals surface area contributed by atoms with Crippen LogP contribution in [0.25, 0.3) is 0 Å². The van der Waals surface area contributed by atoms with Crippen LogP contribution in [0.3, 0.4) is 0 Å². The number of phenolic OH excluding ortho intramolecular Hbond substituents is 1. The second-order valence-corrected chi connectivity index (χ2v) is 12.2. The van der Waals surface area contributed by atoms with Gasteiger partial charge in [-0.1, -0.05) is 48.2 Å². The maximum Gasteiger partial charge on any atom is 0.115 e. The van der Waals surface area contributed by atoms with Crippen LogP contribution in [0.2, 0.25) is 0 Å². The quantitative estimate of drug-likeness (QED) is 0.557. The van der Waals surface area contributed by atoms with E-state index in [4.69, 9.17) is 10.5 Å². The van der Waals surface area contributed by atoms with Gasteiger partial charge in [0.1, 0.15) is 5.75 Å². The minimum absolute atomic E-state index is 0.0601. The second-order valence-electron chi connectivity index (χ2n) is 12.2. The van der Waals surface area contributed by atoms with Crippen molar-refractivity contribution in [1.29, 1.82) is 0 Å². The lowest BCUT2D eigenvalue weighted by molar-refractivity contribution is -0.286. The largest absolute Gasteiger partial charge is 0.508 e. The lowest BCUT2D eigenvalue weighted by atomic mass is 9.53. The summed E-state index contributed by atoms with van der Waals surface area (Å²) in [4.78, 5) is 0. The highest BCUT2D eigenvalue weighted by Crippen LogP contribution is 2.58. The van der Waals surface area contributed by atoms with Gasteiger partial charge in [0.05, 0.1) is 17.1 Å². The smallest absolute Gasteiger partial charge is 0.115 e. The first kappa shape index (κ1) is 23.1. The van der Waals surface area contributed by atoms with Crippen LogP contribution < -0.4 is 5.73 Å². The summed E-state index contributed by atoms with van der Waals surface area (Å²) >= 11 is 0. The van der Waals surface area contributed by atoms with Crippen LogP contribution in [0.1, 0.15) is 62.6 Å². The fourth-order valence-corrected chi connectivity index (χ4v) is 8.26. The molecule has 0 amide bonds. The molecule has 2 aromatic rings. The van der Waals surface area contributed by atoms with E-state index in [-0.39, 0.29) is 23.2 Å². The van der Waals surface area contributed by atoms with Gasteiger partial charge >= 0.3 is 0 Å². The van der Waals surface area contributed by atoms with Crippen LogP contribution >= 0.6 is 0 Å². The van der Waals surface area contributed by atoms with E-state index < -0.39 is 0 Å². The number of hydrogen-bond donors (Lipinski definition) is 2. The zero-order valence-corrected chi connectivity index (χ0v) is 21.2. The fourth-order valence-electron chi connectivity index (χ4n) is 8.26. The molecule has 184 valence electrons. The van der Waals surface area contributed by atoms with Gasteiger partial charge in [0.15, 0.2) is 0 Å². The lowest BCUT2D eigenvalue weighted by Gasteiger charge is -2.64. The molecule has 7 rings (SSSR count). The van der Waals surface area contributed by atoms with Gasteiger partial charge in [-0.2, -0.15) is 0 Å². The molecular weight excluding hydrogens is 430 g/mol. The summed E-state index contributed by atoms with van der Waals surface area (Å²) in [6, 6.07) is 17.0. The van der Waals surface area contributed by atoms with Gasteiger partial charge in [0.2, 0.25) is 0 Å². The first-order valence-corrected chi connectivity index (χ1v) is 13.6. The summed E-state index contributed by atoms with van der Waals surface area (Å²) in [6.45, 7) is 4.51. The SMILES string of the molecule is CC1(C)OC23CCC1C(N)C2C#CCc1cc(O)ccc1CC1CC3CCC1Cc1ccccc1. The van der Waals surface area contributed by atoms with E-state index in [0.717, 1.165) is 25.7 Å². The van der Waals surface area contributed by atoms with E-state index in [0.29, 0.717) is 35.8 Å². The highest BCUT2D eigenvalue weighted by atomic mass is 16.5. The third-order valence-corrected chi connectivity index (χ3v) is 9.95. The number of nitrogens with two attached hydrogens (primary N) is 1. The van der Waals surface area contributed by atoms with Crippen molar-refractivity contribution in [3.05, 3.63) is 65.2 Å². The molecule has 3 N–H and O–H groups in total. The van der Waals surface area contributed by atoms with Crippen molar-refractivity contribution in [2.24, 2.45) is 35.3 Å². The first-order valence-electron chi connectivity index (χ1n) is 13.6. The maximum absolute atomic E-state index is 10.2. The minimum atomic E-state index is -0.237. The molecule has 3 heteroatoms. The second kappa shape index (κ2) is 8.68. The van der Waals surface area contributed by atoms with E-state index in [1.165, 1.54) is 36.0 Å². The summed E-state index contributed by atoms with van der Waals surface area (Å²) in [7, 11) is 0. The molecule has 0 radical (unpaired) electrons. The van der Waals surface area contributed by atoms with Crippen molar-refractivity contribution in [3.63, 3.8) is 0 Å². The van der Waals surface area contributed by atoms with Crippen molar-refractivity contribution in [2.75, 3.05) is 0 Å². The van der Waals surface area contributed by atoms with Crippen molar-refractivity contribution in [2.45, 2.75) is 82.5 Å². The van der Waals surface area contributed by atoms with Gasteiger partial charge in [0, 0.05) is 18.4 Å². The predicted octanol–water partition coefficient (Wildman–Crippen LogP) is 5.67. The molecule has 7 atom stereocenters. The summed E-state index contributed by atoms with van der Waals surface area (Å²) in [5.74, 6) is 9.66. The van der Waals surface area contributed by atoms with Crippen molar-refractivity contribution in [3.8, 4) is 17.6 Å². The van der Waals surface area contributed by atoms with Crippen LogP contribution in [-0.4, -0.2) is 22.4 Å². The molecule has 2 heterocycles. The molecular formula is C32H39NO2. The molecule has 7 unspecified atom stereocenters. The number of aromatic hydroxyl groups is 1. The molecule has 4 bridgehead atoms. The number of rotatable bonds is 2. The monoisotopic (exact) mass is 469 g/mol. The molecule has 3 aliphatic carbocycles. The van der Waals surface area contributed by atoms with E-state index in [1.807, 2.05) is 12.1 Å². The Morgan fingerprint density at radius 3 is 2.69 bits per heavy atom. The van der Waals surface area contributed by atoms with E-state index in [9.17, 15) is 5.11 Å². The van der Waals surface area contributed by atoms with Gasteiger partial charge in [-0.25, -0.2) is 0 Å². The third kappa shape index (κ3) is 4.00. The van der Waals surface area contributed by atoms with Crippen LogP contribution in [0.15, 0.2) is 48.5 Å². The van der Waals surface area contributed by atoms with E-state index >= 15 is 0 Å². The number of hydrogen-bond acceptors (Lipinski definition) is 3. The molecule has 5 aliphatic rings. The molecule has 4 fully saturated rings. The Balaban J connectivity index is 1.41. The third-order valence-electron chi connectivity index (χ3n) is 9.95. The highest BCUT2D eigenvalue weighted by molar-refractivity contribution is 5.38. The van der Waals surface area contributed by atoms with Crippen LogP contribution in [0.4, 0.5) is 0 Å². The van der Waals surface area contributed by atoms with Crippen LogP contribution in [0.5, 0.6) is 5.75 Å². The summed E-state index contributed by atoms with van der Waals surface area (Å²) < 4.78 is 7.12. The first-order chi connectivity index (χ1) is 16.9. The Morgan fingerprint density at radius 1 is 1.06 bits per heavy atom. The molecule has 3 nitrogen and oxygen atoms in total. The van der Waals surface area contributed by atoms with Crippen molar-refractivity contribution in [1.82, 2.24) is 0 Å². The average Bonchev–Trinajstić information content (AvgIpc) is 2.84. The number of phenols is 1. The van der Waals surface area contributed by atoms with Gasteiger partial charge in [-0.3, -0.25) is 0 Å². The van der Waals surface area contributed by atoms with Crippen molar-refractivity contribution >= 4 is 0 Å². The zero-order valence-electron chi connectivity index (χ0n) is 21.2. The van der Waals surface area contributed by atoms with Crippen LogP contribution in [-0.2, 0) is 24.0 Å². The molecule has 2 saturated carbocycles. The van der Waals surface area contributed by atoms with Gasteiger partial charge in [0.25, 0.3) is 0 Å². The topological polar surface area (TPSA) is 55.5 Å². The number of fused-ring (bicyclic) bond motifs is 5. The normalized spacial score (nSPS) is 37.2. The standard InChI is InChI=1S/C32H39NO2/c1-31(2)28-15-16-32(35-31)26-13-11-23(17-21-7-4-3-5-8-21)25(19-26)18-24-12-14-27(34)20-22(24)9-6-10-29(32)30(28)33/h3-5,7-8,12,14,20,23,25-26,28-30,34H,9,11,13,15-19,33H2,1-2H3. The van der Waals surface area contributed by atoms with Crippen molar-refractivity contribution < 1.29 is 9.84 Å². The minimum Gasteiger partial charge on any atom is -0.508 e. The molecule has 2 aliphatic heterocycles. The summed E-state index contributed by atoms with van der Waals surface area (Å²) in [5, 5.41) is 10.2. The maximum atomic E-state index is 10.2. The van der Waals surface area contributed by atoms with Crippen LogP contribution in [0, 0.1) is 41.4 Å².